The SMILES string of the molecule is O=C(c1cccc([N+](=O)[O-])c1)[C@@H]1[C@H](C(=O)c2ccc(Cl)cc2)[C@]2(C(=O)Nc3ccccc32)[C@H]2c3ccccc3C=CN12. The molecule has 1 saturated heterocycles. The lowest BCUT2D eigenvalue weighted by atomic mass is 9.62. The van der Waals surface area contributed by atoms with Crippen molar-refractivity contribution in [3.8, 4) is 0 Å². The van der Waals surface area contributed by atoms with E-state index in [2.05, 4.69) is 5.32 Å². The second kappa shape index (κ2) is 9.49. The molecule has 0 saturated carbocycles. The smallest absolute Gasteiger partial charge is 0.270 e. The summed E-state index contributed by atoms with van der Waals surface area (Å²) in [6.07, 6.45) is 3.62. The number of benzene rings is 4. The third-order valence-electron chi connectivity index (χ3n) is 8.59. The number of anilines is 1. The van der Waals surface area contributed by atoms with Gasteiger partial charge in [0.25, 0.3) is 5.69 Å². The molecule has 4 atom stereocenters. The van der Waals surface area contributed by atoms with Crippen LogP contribution in [0.2, 0.25) is 5.02 Å². The molecular formula is C33H22ClN3O5. The highest BCUT2D eigenvalue weighted by Crippen LogP contribution is 2.62. The molecule has 7 rings (SSSR count). The fourth-order valence-corrected chi connectivity index (χ4v) is 7.03. The minimum Gasteiger partial charge on any atom is -0.358 e. The number of hydrogen-bond donors (Lipinski definition) is 1. The van der Waals surface area contributed by atoms with Crippen LogP contribution in [-0.2, 0) is 10.2 Å². The molecule has 1 fully saturated rings. The summed E-state index contributed by atoms with van der Waals surface area (Å²) in [4.78, 5) is 56.5. The van der Waals surface area contributed by atoms with Crippen molar-refractivity contribution >= 4 is 46.5 Å². The van der Waals surface area contributed by atoms with Gasteiger partial charge in [0.05, 0.1) is 16.9 Å². The minimum absolute atomic E-state index is 0.0813. The molecule has 0 radical (unpaired) electrons. The lowest BCUT2D eigenvalue weighted by molar-refractivity contribution is -0.384. The Morgan fingerprint density at radius 3 is 2.40 bits per heavy atom. The first-order chi connectivity index (χ1) is 20.3. The zero-order valence-electron chi connectivity index (χ0n) is 21.9. The van der Waals surface area contributed by atoms with E-state index < -0.39 is 39.9 Å². The highest BCUT2D eigenvalue weighted by Gasteiger charge is 2.70. The summed E-state index contributed by atoms with van der Waals surface area (Å²) in [7, 11) is 0. The number of rotatable bonds is 5. The van der Waals surface area contributed by atoms with E-state index in [1.165, 1.54) is 24.3 Å². The van der Waals surface area contributed by atoms with E-state index in [0.717, 1.165) is 11.1 Å². The minimum atomic E-state index is -1.49. The monoisotopic (exact) mass is 575 g/mol. The molecule has 3 aliphatic heterocycles. The number of para-hydroxylation sites is 1. The summed E-state index contributed by atoms with van der Waals surface area (Å²) in [6, 6.07) is 24.8. The van der Waals surface area contributed by atoms with Crippen LogP contribution >= 0.6 is 11.6 Å². The number of nitro benzene ring substituents is 1. The van der Waals surface area contributed by atoms with Gasteiger partial charge in [-0.1, -0.05) is 66.2 Å². The molecule has 3 aliphatic rings. The van der Waals surface area contributed by atoms with Crippen LogP contribution in [-0.4, -0.2) is 33.3 Å². The number of nitrogens with one attached hydrogen (secondary N) is 1. The Hall–Kier alpha value is -5.08. The van der Waals surface area contributed by atoms with Crippen LogP contribution in [0.5, 0.6) is 0 Å². The van der Waals surface area contributed by atoms with Crippen molar-refractivity contribution in [2.24, 2.45) is 5.92 Å². The quantitative estimate of drug-likeness (QED) is 0.172. The standard InChI is InChI=1S/C33H22ClN3O5/c34-22-14-12-20(13-15-22)29(38)27-28(30(39)21-7-5-8-23(18-21)37(41)42)36-17-16-19-6-1-2-9-24(19)31(36)33(27)25-10-3-4-11-26(25)35-32(33)40/h1-18,27-28,31H,(H,35,40)/t27-,28+,31-,33+/m1/s1. The number of nitrogens with zero attached hydrogens (tertiary/aromatic N) is 2. The van der Waals surface area contributed by atoms with Gasteiger partial charge in [-0.15, -0.1) is 0 Å². The van der Waals surface area contributed by atoms with E-state index >= 15 is 0 Å². The summed E-state index contributed by atoms with van der Waals surface area (Å²) in [6.45, 7) is 0. The van der Waals surface area contributed by atoms with Crippen molar-refractivity contribution in [2.45, 2.75) is 17.5 Å². The topological polar surface area (TPSA) is 110 Å². The van der Waals surface area contributed by atoms with Crippen LogP contribution in [0.25, 0.3) is 6.08 Å². The van der Waals surface area contributed by atoms with E-state index in [1.54, 1.807) is 47.5 Å². The van der Waals surface area contributed by atoms with E-state index in [0.29, 0.717) is 21.8 Å². The van der Waals surface area contributed by atoms with Crippen molar-refractivity contribution in [1.82, 2.24) is 4.90 Å². The first kappa shape index (κ1) is 25.9. The molecule has 1 amide bonds. The highest BCUT2D eigenvalue weighted by molar-refractivity contribution is 6.30. The van der Waals surface area contributed by atoms with Crippen LogP contribution in [0.3, 0.4) is 0 Å². The van der Waals surface area contributed by atoms with Gasteiger partial charge in [0, 0.05) is 40.2 Å². The van der Waals surface area contributed by atoms with Crippen molar-refractivity contribution in [1.29, 1.82) is 0 Å². The molecule has 42 heavy (non-hydrogen) atoms. The van der Waals surface area contributed by atoms with Crippen molar-refractivity contribution in [2.75, 3.05) is 5.32 Å². The Balaban J connectivity index is 1.53. The second-order valence-electron chi connectivity index (χ2n) is 10.6. The van der Waals surface area contributed by atoms with Crippen molar-refractivity contribution in [3.05, 3.63) is 146 Å². The summed E-state index contributed by atoms with van der Waals surface area (Å²) >= 11 is 6.14. The molecule has 0 aliphatic carbocycles. The number of non-ortho nitro benzene ring substituents is 1. The maximum absolute atomic E-state index is 14.7. The summed E-state index contributed by atoms with van der Waals surface area (Å²) in [5.41, 5.74) is 1.52. The predicted octanol–water partition coefficient (Wildman–Crippen LogP) is 6.23. The number of halogens is 1. The molecule has 1 N–H and O–H groups in total. The first-order valence-corrected chi connectivity index (χ1v) is 13.7. The van der Waals surface area contributed by atoms with E-state index in [1.807, 2.05) is 42.5 Å². The Bertz CT molecular complexity index is 1850. The van der Waals surface area contributed by atoms with Gasteiger partial charge in [-0.25, -0.2) is 0 Å². The molecule has 3 heterocycles. The Kier molecular flexibility index (Phi) is 5.85. The van der Waals surface area contributed by atoms with Crippen LogP contribution in [0.4, 0.5) is 11.4 Å². The summed E-state index contributed by atoms with van der Waals surface area (Å²) in [5, 5.41) is 15.0. The number of hydrogen-bond acceptors (Lipinski definition) is 6. The molecule has 9 heteroatoms. The van der Waals surface area contributed by atoms with Gasteiger partial charge in [0.2, 0.25) is 5.91 Å². The third-order valence-corrected chi connectivity index (χ3v) is 8.84. The molecule has 206 valence electrons. The van der Waals surface area contributed by atoms with Crippen LogP contribution in [0, 0.1) is 16.0 Å². The fraction of sp³-hybridized carbons (Fsp3) is 0.121. The molecule has 4 aromatic carbocycles. The molecule has 8 nitrogen and oxygen atoms in total. The van der Waals surface area contributed by atoms with Crippen LogP contribution in [0.1, 0.15) is 43.4 Å². The average molecular weight is 576 g/mol. The lowest BCUT2D eigenvalue weighted by Gasteiger charge is -2.38. The maximum atomic E-state index is 14.7. The van der Waals surface area contributed by atoms with Crippen molar-refractivity contribution in [3.63, 3.8) is 0 Å². The molecular weight excluding hydrogens is 554 g/mol. The van der Waals surface area contributed by atoms with Gasteiger partial charge in [-0.3, -0.25) is 24.5 Å². The van der Waals surface area contributed by atoms with Crippen molar-refractivity contribution < 1.29 is 19.3 Å². The van der Waals surface area contributed by atoms with Gasteiger partial charge in [-0.2, -0.15) is 0 Å². The Labute approximate surface area is 245 Å². The molecule has 1 spiro atoms. The van der Waals surface area contributed by atoms with Crippen LogP contribution < -0.4 is 5.32 Å². The van der Waals surface area contributed by atoms with E-state index in [9.17, 15) is 24.5 Å². The zero-order chi connectivity index (χ0) is 29.2. The molecule has 0 bridgehead atoms. The number of nitro groups is 1. The normalized spacial score (nSPS) is 23.2. The maximum Gasteiger partial charge on any atom is 0.270 e. The molecule has 0 aromatic heterocycles. The average Bonchev–Trinajstić information content (AvgIpc) is 3.49. The number of Topliss-reactive ketones (excluding diaryl/α,β-unsaturated/α-hetero) is 2. The number of carbonyl (C=O) groups is 3. The predicted molar refractivity (Wildman–Crippen MR) is 157 cm³/mol. The van der Waals surface area contributed by atoms with Crippen LogP contribution in [0.15, 0.2) is 103 Å². The molecule has 4 aromatic rings. The summed E-state index contributed by atoms with van der Waals surface area (Å²) in [5.74, 6) is -2.46. The third kappa shape index (κ3) is 3.58. The van der Waals surface area contributed by atoms with E-state index in [-0.39, 0.29) is 17.2 Å². The lowest BCUT2D eigenvalue weighted by Crippen LogP contribution is -2.49. The Morgan fingerprint density at radius 1 is 0.881 bits per heavy atom. The van der Waals surface area contributed by atoms with Gasteiger partial charge >= 0.3 is 0 Å². The highest BCUT2D eigenvalue weighted by atomic mass is 35.5. The largest absolute Gasteiger partial charge is 0.358 e. The fourth-order valence-electron chi connectivity index (χ4n) is 6.90. The number of ketones is 2. The first-order valence-electron chi connectivity index (χ1n) is 13.4. The second-order valence-corrected chi connectivity index (χ2v) is 11.1. The van der Waals surface area contributed by atoms with Gasteiger partial charge in [0.15, 0.2) is 11.6 Å². The zero-order valence-corrected chi connectivity index (χ0v) is 22.7. The Morgan fingerprint density at radius 2 is 1.62 bits per heavy atom. The van der Waals surface area contributed by atoms with Gasteiger partial charge < -0.3 is 10.2 Å². The molecule has 0 unspecified atom stereocenters. The number of carbonyl (C=O) groups excluding carboxylic acids is 3. The number of fused-ring (bicyclic) bond motifs is 6. The number of amides is 1. The van der Waals surface area contributed by atoms with Gasteiger partial charge in [-0.05, 0) is 53.1 Å². The van der Waals surface area contributed by atoms with E-state index in [4.69, 9.17) is 11.6 Å². The summed E-state index contributed by atoms with van der Waals surface area (Å²) < 4.78 is 0. The van der Waals surface area contributed by atoms with Gasteiger partial charge in [0.1, 0.15) is 11.5 Å².